The lowest BCUT2D eigenvalue weighted by Crippen LogP contribution is -2.39. The number of carbonyl (C=O) groups is 1. The van der Waals surface area contributed by atoms with Crippen LogP contribution in [0.25, 0.3) is 0 Å². The van der Waals surface area contributed by atoms with Crippen LogP contribution < -0.4 is 4.72 Å². The highest BCUT2D eigenvalue weighted by Gasteiger charge is 2.31. The summed E-state index contributed by atoms with van der Waals surface area (Å²) < 4.78 is 33.2. The van der Waals surface area contributed by atoms with Crippen molar-refractivity contribution >= 4 is 27.6 Å². The van der Waals surface area contributed by atoms with E-state index in [1.807, 2.05) is 0 Å². The molecule has 1 N–H and O–H groups in total. The van der Waals surface area contributed by atoms with Gasteiger partial charge in [0, 0.05) is 13.1 Å². The highest BCUT2D eigenvalue weighted by molar-refractivity contribution is 7.89. The molecule has 0 aliphatic heterocycles. The van der Waals surface area contributed by atoms with Crippen LogP contribution in [-0.4, -0.2) is 37.3 Å². The lowest BCUT2D eigenvalue weighted by molar-refractivity contribution is -0.146. The van der Waals surface area contributed by atoms with Crippen molar-refractivity contribution in [2.24, 2.45) is 13.0 Å². The Balaban J connectivity index is 2.02. The molecule has 118 valence electrons. The van der Waals surface area contributed by atoms with Crippen LogP contribution in [0.4, 0.5) is 0 Å². The number of aryl methyl sites for hydroxylation is 1. The van der Waals surface area contributed by atoms with Crippen molar-refractivity contribution in [3.8, 4) is 0 Å². The predicted molar refractivity (Wildman–Crippen MR) is 76.3 cm³/mol. The Hall–Kier alpha value is -1.12. The number of nitrogens with zero attached hydrogens (tertiary/aromatic N) is 2. The molecule has 7 nitrogen and oxygen atoms in total. The average Bonchev–Trinajstić information content (AvgIpc) is 2.78. The Morgan fingerprint density at radius 3 is 2.52 bits per heavy atom. The molecule has 0 unspecified atom stereocenters. The van der Waals surface area contributed by atoms with E-state index in [1.54, 1.807) is 0 Å². The summed E-state index contributed by atoms with van der Waals surface area (Å²) in [5, 5.41) is 3.87. The first-order valence-corrected chi connectivity index (χ1v) is 8.49. The van der Waals surface area contributed by atoms with Gasteiger partial charge >= 0.3 is 5.97 Å². The number of aromatic nitrogens is 2. The summed E-state index contributed by atoms with van der Waals surface area (Å²) in [6.07, 6.45) is 3.70. The van der Waals surface area contributed by atoms with E-state index >= 15 is 0 Å². The van der Waals surface area contributed by atoms with E-state index in [2.05, 4.69) is 9.82 Å². The molecule has 1 fully saturated rings. The van der Waals surface area contributed by atoms with Crippen molar-refractivity contribution in [1.29, 1.82) is 0 Å². The molecule has 0 spiro atoms. The zero-order chi connectivity index (χ0) is 15.6. The van der Waals surface area contributed by atoms with Gasteiger partial charge in [0.05, 0.1) is 24.2 Å². The van der Waals surface area contributed by atoms with Crippen molar-refractivity contribution in [1.82, 2.24) is 14.5 Å². The van der Waals surface area contributed by atoms with Gasteiger partial charge in [-0.1, -0.05) is 11.6 Å². The summed E-state index contributed by atoms with van der Waals surface area (Å²) in [6, 6.07) is -0.207. The molecule has 0 saturated heterocycles. The summed E-state index contributed by atoms with van der Waals surface area (Å²) in [4.78, 5) is 11.4. The van der Waals surface area contributed by atoms with Crippen molar-refractivity contribution in [2.45, 2.75) is 36.8 Å². The molecule has 1 aromatic heterocycles. The smallest absolute Gasteiger partial charge is 0.308 e. The summed E-state index contributed by atoms with van der Waals surface area (Å²) in [6.45, 7) is 0. The summed E-state index contributed by atoms with van der Waals surface area (Å²) in [7, 11) is -0.834. The van der Waals surface area contributed by atoms with E-state index in [9.17, 15) is 13.2 Å². The number of sulfonamides is 1. The molecule has 21 heavy (non-hydrogen) atoms. The topological polar surface area (TPSA) is 90.3 Å². The fraction of sp³-hybridized carbons (Fsp3) is 0.667. The van der Waals surface area contributed by atoms with Gasteiger partial charge in [-0.05, 0) is 25.7 Å². The first-order valence-electron chi connectivity index (χ1n) is 6.63. The third kappa shape index (κ3) is 3.56. The van der Waals surface area contributed by atoms with Gasteiger partial charge in [-0.2, -0.15) is 5.10 Å². The summed E-state index contributed by atoms with van der Waals surface area (Å²) in [5.41, 5.74) is 0. The van der Waals surface area contributed by atoms with Crippen molar-refractivity contribution in [2.75, 3.05) is 7.11 Å². The number of hydrogen-bond acceptors (Lipinski definition) is 5. The Kier molecular flexibility index (Phi) is 4.90. The molecule has 9 heteroatoms. The molecular formula is C12H18ClN3O4S. The maximum atomic E-state index is 12.3. The second-order valence-electron chi connectivity index (χ2n) is 5.11. The summed E-state index contributed by atoms with van der Waals surface area (Å²) >= 11 is 5.87. The molecule has 0 radical (unpaired) electrons. The fourth-order valence-corrected chi connectivity index (χ4v) is 4.55. The van der Waals surface area contributed by atoms with Crippen LogP contribution in [0.1, 0.15) is 25.7 Å². The molecule has 0 atom stereocenters. The second kappa shape index (κ2) is 6.33. The molecule has 0 bridgehead atoms. The fourth-order valence-electron chi connectivity index (χ4n) is 2.59. The van der Waals surface area contributed by atoms with Gasteiger partial charge in [-0.25, -0.2) is 13.1 Å². The van der Waals surface area contributed by atoms with Crippen LogP contribution >= 0.6 is 11.6 Å². The average molecular weight is 336 g/mol. The molecular weight excluding hydrogens is 318 g/mol. The number of methoxy groups -OCH3 is 1. The lowest BCUT2D eigenvalue weighted by Gasteiger charge is -2.27. The van der Waals surface area contributed by atoms with Gasteiger partial charge in [-0.15, -0.1) is 0 Å². The molecule has 0 aromatic carbocycles. The lowest BCUT2D eigenvalue weighted by atomic mass is 9.86. The van der Waals surface area contributed by atoms with E-state index in [4.69, 9.17) is 16.3 Å². The number of esters is 1. The van der Waals surface area contributed by atoms with Crippen molar-refractivity contribution in [3.63, 3.8) is 0 Å². The SMILES string of the molecule is COC(=O)C1CCC(NS(=O)(=O)c2c(Cl)cnn2C)CC1. The van der Waals surface area contributed by atoms with Crippen LogP contribution in [0.2, 0.25) is 5.02 Å². The highest BCUT2D eigenvalue weighted by Crippen LogP contribution is 2.27. The molecule has 1 heterocycles. The molecule has 1 aromatic rings. The van der Waals surface area contributed by atoms with Crippen LogP contribution in [0, 0.1) is 5.92 Å². The molecule has 1 aliphatic rings. The Morgan fingerprint density at radius 1 is 1.43 bits per heavy atom. The van der Waals surface area contributed by atoms with E-state index in [-0.39, 0.29) is 28.0 Å². The standard InChI is InChI=1S/C12H18ClN3O4S/c1-16-11(10(13)7-14-16)21(18,19)15-9-5-3-8(4-6-9)12(17)20-2/h7-9,15H,3-6H2,1-2H3. The molecule has 1 saturated carbocycles. The van der Waals surface area contributed by atoms with Gasteiger partial charge in [0.25, 0.3) is 10.0 Å². The van der Waals surface area contributed by atoms with E-state index in [0.29, 0.717) is 25.7 Å². The monoisotopic (exact) mass is 335 g/mol. The Bertz CT molecular complexity index is 601. The van der Waals surface area contributed by atoms with E-state index in [0.717, 1.165) is 0 Å². The van der Waals surface area contributed by atoms with Crippen LogP contribution in [0.15, 0.2) is 11.2 Å². The van der Waals surface area contributed by atoms with Gasteiger partial charge in [0.15, 0.2) is 5.03 Å². The maximum Gasteiger partial charge on any atom is 0.308 e. The largest absolute Gasteiger partial charge is 0.469 e. The van der Waals surface area contributed by atoms with Crippen LogP contribution in [0.3, 0.4) is 0 Å². The number of hydrogen-bond donors (Lipinski definition) is 1. The van der Waals surface area contributed by atoms with Crippen LogP contribution in [-0.2, 0) is 26.6 Å². The van der Waals surface area contributed by atoms with Gasteiger partial charge in [-0.3, -0.25) is 9.48 Å². The highest BCUT2D eigenvalue weighted by atomic mass is 35.5. The first kappa shape index (κ1) is 16.3. The minimum Gasteiger partial charge on any atom is -0.469 e. The molecule has 1 aliphatic carbocycles. The third-order valence-electron chi connectivity index (χ3n) is 3.68. The van der Waals surface area contributed by atoms with Crippen molar-refractivity contribution in [3.05, 3.63) is 11.2 Å². The third-order valence-corrected chi connectivity index (χ3v) is 5.71. The zero-order valence-electron chi connectivity index (χ0n) is 11.9. The number of carbonyl (C=O) groups excluding carboxylic acids is 1. The second-order valence-corrected chi connectivity index (χ2v) is 7.15. The number of halogens is 1. The quantitative estimate of drug-likeness (QED) is 0.832. The van der Waals surface area contributed by atoms with Gasteiger partial charge in [0.1, 0.15) is 0 Å². The van der Waals surface area contributed by atoms with E-state index < -0.39 is 10.0 Å². The normalized spacial score (nSPS) is 23.0. The summed E-state index contributed by atoms with van der Waals surface area (Å²) in [5.74, 6) is -0.373. The first-order chi connectivity index (χ1) is 9.85. The maximum absolute atomic E-state index is 12.3. The Labute approximate surface area is 128 Å². The van der Waals surface area contributed by atoms with Crippen LogP contribution in [0.5, 0.6) is 0 Å². The minimum atomic E-state index is -3.72. The van der Waals surface area contributed by atoms with Gasteiger partial charge < -0.3 is 4.74 Å². The number of ether oxygens (including phenoxy) is 1. The number of rotatable bonds is 4. The van der Waals surface area contributed by atoms with Gasteiger partial charge in [0.2, 0.25) is 0 Å². The Morgan fingerprint density at radius 2 is 2.05 bits per heavy atom. The number of nitrogens with one attached hydrogen (secondary N) is 1. The van der Waals surface area contributed by atoms with Crippen molar-refractivity contribution < 1.29 is 17.9 Å². The molecule has 2 rings (SSSR count). The minimum absolute atomic E-state index is 0.0424. The van der Waals surface area contributed by atoms with E-state index in [1.165, 1.54) is 25.0 Å². The zero-order valence-corrected chi connectivity index (χ0v) is 13.4. The molecule has 0 amide bonds. The predicted octanol–water partition coefficient (Wildman–Crippen LogP) is 1.08.